The van der Waals surface area contributed by atoms with Crippen molar-refractivity contribution >= 4 is 29.2 Å². The molecule has 1 aromatic rings. The molecule has 0 radical (unpaired) electrons. The van der Waals surface area contributed by atoms with Gasteiger partial charge in [-0.1, -0.05) is 32.4 Å². The maximum Gasteiger partial charge on any atom is 0.397 e. The number of rotatable bonds is 2. The molecule has 1 aliphatic heterocycles. The zero-order valence-corrected chi connectivity index (χ0v) is 15.5. The maximum atomic E-state index is 12.0. The zero-order valence-electron chi connectivity index (χ0n) is 14.8. The van der Waals surface area contributed by atoms with Crippen LogP contribution < -0.4 is 4.90 Å². The van der Waals surface area contributed by atoms with E-state index < -0.39 is 11.9 Å². The first-order valence-electron chi connectivity index (χ1n) is 8.25. The van der Waals surface area contributed by atoms with Crippen molar-refractivity contribution in [1.29, 1.82) is 0 Å². The maximum absolute atomic E-state index is 12.0. The topological polar surface area (TPSA) is 49.9 Å². The third-order valence-corrected chi connectivity index (χ3v) is 4.36. The van der Waals surface area contributed by atoms with E-state index in [2.05, 4.69) is 25.7 Å². The summed E-state index contributed by atoms with van der Waals surface area (Å²) in [7, 11) is 0. The largest absolute Gasteiger partial charge is 0.459 e. The van der Waals surface area contributed by atoms with E-state index in [4.69, 9.17) is 16.3 Å². The minimum absolute atomic E-state index is 0.0296. The van der Waals surface area contributed by atoms with Crippen LogP contribution in [0.1, 0.15) is 33.3 Å². The standard InChI is InChI=1S/C18H25ClN2O3/c1-5-24-17(23)16(22)21-10-8-20(9-11-21)15-7-6-13(19)12-14(15)18(2,3)4/h6-7,12H,5,8-11H2,1-4H3. The Labute approximate surface area is 148 Å². The Morgan fingerprint density at radius 3 is 2.33 bits per heavy atom. The molecule has 2 rings (SSSR count). The number of carbonyl (C=O) groups excluding carboxylic acids is 2. The van der Waals surface area contributed by atoms with Crippen LogP contribution in [0, 0.1) is 0 Å². The fourth-order valence-corrected chi connectivity index (χ4v) is 3.03. The van der Waals surface area contributed by atoms with E-state index in [0.29, 0.717) is 26.2 Å². The van der Waals surface area contributed by atoms with Crippen molar-refractivity contribution in [1.82, 2.24) is 4.90 Å². The van der Waals surface area contributed by atoms with Crippen LogP contribution in [0.15, 0.2) is 18.2 Å². The van der Waals surface area contributed by atoms with Gasteiger partial charge in [-0.2, -0.15) is 0 Å². The molecule has 1 aromatic carbocycles. The number of piperazine rings is 1. The fourth-order valence-electron chi connectivity index (χ4n) is 2.86. The quantitative estimate of drug-likeness (QED) is 0.606. The predicted octanol–water partition coefficient (Wildman–Crippen LogP) is 2.85. The van der Waals surface area contributed by atoms with Crippen molar-refractivity contribution in [2.24, 2.45) is 0 Å². The number of hydrogen-bond acceptors (Lipinski definition) is 4. The van der Waals surface area contributed by atoms with Gasteiger partial charge in [0.15, 0.2) is 0 Å². The number of anilines is 1. The molecule has 1 heterocycles. The molecule has 0 N–H and O–H groups in total. The van der Waals surface area contributed by atoms with Gasteiger partial charge in [0.2, 0.25) is 0 Å². The Kier molecular flexibility index (Phi) is 5.75. The molecule has 0 aromatic heterocycles. The summed E-state index contributed by atoms with van der Waals surface area (Å²) in [5.41, 5.74) is 2.29. The summed E-state index contributed by atoms with van der Waals surface area (Å²) in [4.78, 5) is 27.4. The number of carbonyl (C=O) groups is 2. The third kappa shape index (κ3) is 4.20. The Bertz CT molecular complexity index is 617. The number of halogens is 1. The molecule has 24 heavy (non-hydrogen) atoms. The van der Waals surface area contributed by atoms with E-state index in [9.17, 15) is 9.59 Å². The number of ether oxygens (including phenoxy) is 1. The smallest absolute Gasteiger partial charge is 0.397 e. The highest BCUT2D eigenvalue weighted by atomic mass is 35.5. The predicted molar refractivity (Wildman–Crippen MR) is 95.6 cm³/mol. The van der Waals surface area contributed by atoms with Crippen molar-refractivity contribution < 1.29 is 14.3 Å². The van der Waals surface area contributed by atoms with Crippen LogP contribution in [-0.2, 0) is 19.7 Å². The number of esters is 1. The van der Waals surface area contributed by atoms with Crippen LogP contribution in [0.5, 0.6) is 0 Å². The molecule has 1 saturated heterocycles. The Morgan fingerprint density at radius 1 is 1.17 bits per heavy atom. The van der Waals surface area contributed by atoms with Crippen molar-refractivity contribution in [2.75, 3.05) is 37.7 Å². The second-order valence-corrected chi connectivity index (χ2v) is 7.35. The molecule has 1 amide bonds. The summed E-state index contributed by atoms with van der Waals surface area (Å²) in [6.07, 6.45) is 0. The fraction of sp³-hybridized carbons (Fsp3) is 0.556. The molecule has 1 fully saturated rings. The molecular formula is C18H25ClN2O3. The van der Waals surface area contributed by atoms with Gasteiger partial charge < -0.3 is 14.5 Å². The minimum Gasteiger partial charge on any atom is -0.459 e. The van der Waals surface area contributed by atoms with Crippen molar-refractivity contribution in [3.63, 3.8) is 0 Å². The van der Waals surface area contributed by atoms with Crippen molar-refractivity contribution in [3.8, 4) is 0 Å². The molecule has 132 valence electrons. The van der Waals surface area contributed by atoms with Gasteiger partial charge in [0.25, 0.3) is 0 Å². The van der Waals surface area contributed by atoms with Crippen molar-refractivity contribution in [2.45, 2.75) is 33.1 Å². The highest BCUT2D eigenvalue weighted by Gasteiger charge is 2.29. The molecule has 6 heteroatoms. The number of hydrogen-bond donors (Lipinski definition) is 0. The van der Waals surface area contributed by atoms with E-state index in [0.717, 1.165) is 10.7 Å². The molecule has 1 aliphatic rings. The normalized spacial score (nSPS) is 15.4. The van der Waals surface area contributed by atoms with Crippen LogP contribution in [0.25, 0.3) is 0 Å². The van der Waals surface area contributed by atoms with E-state index >= 15 is 0 Å². The Morgan fingerprint density at radius 2 is 1.79 bits per heavy atom. The third-order valence-electron chi connectivity index (χ3n) is 4.12. The molecule has 0 unspecified atom stereocenters. The molecular weight excluding hydrogens is 328 g/mol. The number of benzene rings is 1. The van der Waals surface area contributed by atoms with Gasteiger partial charge in [-0.25, -0.2) is 4.79 Å². The molecule has 0 saturated carbocycles. The first-order chi connectivity index (χ1) is 11.2. The van der Waals surface area contributed by atoms with Gasteiger partial charge in [-0.05, 0) is 36.1 Å². The molecule has 0 spiro atoms. The average Bonchev–Trinajstić information content (AvgIpc) is 2.54. The monoisotopic (exact) mass is 352 g/mol. The Balaban J connectivity index is 2.10. The summed E-state index contributed by atoms with van der Waals surface area (Å²) in [5.74, 6) is -1.32. The first-order valence-corrected chi connectivity index (χ1v) is 8.63. The summed E-state index contributed by atoms with van der Waals surface area (Å²) in [6.45, 7) is 10.7. The van der Waals surface area contributed by atoms with Gasteiger partial charge in [0.1, 0.15) is 0 Å². The molecule has 0 aliphatic carbocycles. The highest BCUT2D eigenvalue weighted by Crippen LogP contribution is 2.34. The second kappa shape index (κ2) is 7.43. The second-order valence-electron chi connectivity index (χ2n) is 6.91. The summed E-state index contributed by atoms with van der Waals surface area (Å²) < 4.78 is 4.79. The van der Waals surface area contributed by atoms with Gasteiger partial charge >= 0.3 is 11.9 Å². The minimum atomic E-state index is -0.771. The number of nitrogens with zero attached hydrogens (tertiary/aromatic N) is 2. The van der Waals surface area contributed by atoms with E-state index in [1.807, 2.05) is 18.2 Å². The highest BCUT2D eigenvalue weighted by molar-refractivity contribution is 6.32. The lowest BCUT2D eigenvalue weighted by Gasteiger charge is -2.38. The number of amides is 1. The van der Waals surface area contributed by atoms with Crippen LogP contribution in [-0.4, -0.2) is 49.6 Å². The Hall–Kier alpha value is -1.75. The van der Waals surface area contributed by atoms with Crippen LogP contribution in [0.2, 0.25) is 5.02 Å². The first kappa shape index (κ1) is 18.6. The summed E-state index contributed by atoms with van der Waals surface area (Å²) >= 11 is 6.17. The lowest BCUT2D eigenvalue weighted by molar-refractivity contribution is -0.160. The van der Waals surface area contributed by atoms with Crippen LogP contribution in [0.4, 0.5) is 5.69 Å². The summed E-state index contributed by atoms with van der Waals surface area (Å²) in [6, 6.07) is 5.93. The van der Waals surface area contributed by atoms with E-state index in [1.54, 1.807) is 11.8 Å². The van der Waals surface area contributed by atoms with E-state index in [1.165, 1.54) is 5.56 Å². The molecule has 0 atom stereocenters. The average molecular weight is 353 g/mol. The van der Waals surface area contributed by atoms with Crippen molar-refractivity contribution in [3.05, 3.63) is 28.8 Å². The van der Waals surface area contributed by atoms with Gasteiger partial charge in [-0.15, -0.1) is 0 Å². The summed E-state index contributed by atoms with van der Waals surface area (Å²) in [5, 5.41) is 0.722. The van der Waals surface area contributed by atoms with Gasteiger partial charge in [0.05, 0.1) is 6.61 Å². The SMILES string of the molecule is CCOC(=O)C(=O)N1CCN(c2ccc(Cl)cc2C(C)(C)C)CC1. The lowest BCUT2D eigenvalue weighted by Crippen LogP contribution is -2.51. The van der Waals surface area contributed by atoms with Crippen LogP contribution >= 0.6 is 11.6 Å². The zero-order chi connectivity index (χ0) is 17.9. The van der Waals surface area contributed by atoms with E-state index in [-0.39, 0.29) is 12.0 Å². The molecule has 0 bridgehead atoms. The van der Waals surface area contributed by atoms with Gasteiger partial charge in [-0.3, -0.25) is 4.79 Å². The van der Waals surface area contributed by atoms with Gasteiger partial charge in [0, 0.05) is 36.9 Å². The van der Waals surface area contributed by atoms with Crippen LogP contribution in [0.3, 0.4) is 0 Å². The lowest BCUT2D eigenvalue weighted by atomic mass is 9.85. The molecule has 5 nitrogen and oxygen atoms in total.